The Kier molecular flexibility index (Phi) is 3.89. The van der Waals surface area contributed by atoms with Gasteiger partial charge in [-0.2, -0.15) is 15.6 Å². The highest BCUT2D eigenvalue weighted by Crippen LogP contribution is 2.16. The predicted octanol–water partition coefficient (Wildman–Crippen LogP) is 0.932. The van der Waals surface area contributed by atoms with Crippen LogP contribution in [0.15, 0.2) is 0 Å². The first kappa shape index (κ1) is 11.5. The van der Waals surface area contributed by atoms with E-state index in [9.17, 15) is 4.79 Å². The number of ether oxygens (including phenoxy) is 1. The van der Waals surface area contributed by atoms with Gasteiger partial charge in [0, 0.05) is 0 Å². The summed E-state index contributed by atoms with van der Waals surface area (Å²) in [6, 6.07) is 0.475. The van der Waals surface area contributed by atoms with Gasteiger partial charge in [0.1, 0.15) is 5.60 Å². The minimum Gasteiger partial charge on any atom is -0.413 e. The molecule has 1 rings (SSSR count). The molecule has 14 heavy (non-hydrogen) atoms. The number of hydrogen-bond donors (Lipinski definition) is 2. The summed E-state index contributed by atoms with van der Waals surface area (Å²) in [4.78, 5) is 11.3. The van der Waals surface area contributed by atoms with E-state index >= 15 is 0 Å². The molecule has 0 unspecified atom stereocenters. The Morgan fingerprint density at radius 2 is 1.93 bits per heavy atom. The lowest BCUT2D eigenvalue weighted by atomic mass is 10.2. The van der Waals surface area contributed by atoms with Crippen LogP contribution in [-0.2, 0) is 4.74 Å². The second kappa shape index (κ2) is 4.75. The van der Waals surface area contributed by atoms with Gasteiger partial charge in [0.15, 0.2) is 0 Å². The number of primary amides is 1. The maximum absolute atomic E-state index is 11.3. The highest BCUT2D eigenvalue weighted by Gasteiger charge is 2.22. The molecule has 0 saturated heterocycles. The molecule has 1 fully saturated rings. The van der Waals surface area contributed by atoms with Gasteiger partial charge in [-0.3, -0.25) is 0 Å². The SMILES string of the molecule is CC(C)(C)OC(=O)[NH2+]NC1CCCC1. The van der Waals surface area contributed by atoms with Crippen molar-refractivity contribution in [1.82, 2.24) is 5.43 Å². The lowest BCUT2D eigenvalue weighted by molar-refractivity contribution is -0.637. The Hall–Kier alpha value is -0.610. The topological polar surface area (TPSA) is 54.9 Å². The third-order valence-corrected chi connectivity index (χ3v) is 2.20. The summed E-state index contributed by atoms with van der Waals surface area (Å²) in [5.74, 6) is 0. The molecule has 1 amide bonds. The van der Waals surface area contributed by atoms with Crippen molar-refractivity contribution in [2.45, 2.75) is 58.1 Å². The molecule has 4 nitrogen and oxygen atoms in total. The van der Waals surface area contributed by atoms with Crippen molar-refractivity contribution in [3.05, 3.63) is 0 Å². The molecular weight excluding hydrogens is 180 g/mol. The van der Waals surface area contributed by atoms with E-state index in [2.05, 4.69) is 5.43 Å². The maximum Gasteiger partial charge on any atom is 0.533 e. The number of amides is 1. The number of hydrogen-bond acceptors (Lipinski definition) is 3. The molecule has 4 heteroatoms. The number of nitrogens with one attached hydrogen (secondary N) is 1. The maximum atomic E-state index is 11.3. The molecule has 1 aliphatic carbocycles. The van der Waals surface area contributed by atoms with E-state index in [1.807, 2.05) is 20.8 Å². The number of nitrogens with two attached hydrogens (primary N) is 1. The minimum atomic E-state index is -0.398. The number of carbonyl (C=O) groups excluding carboxylic acids is 1. The van der Waals surface area contributed by atoms with Crippen molar-refractivity contribution in [2.75, 3.05) is 0 Å². The minimum absolute atomic E-state index is 0.274. The zero-order chi connectivity index (χ0) is 10.6. The summed E-state index contributed by atoms with van der Waals surface area (Å²) in [6.07, 6.45) is 4.59. The lowest BCUT2D eigenvalue weighted by Gasteiger charge is -2.17. The van der Waals surface area contributed by atoms with Crippen LogP contribution < -0.4 is 10.9 Å². The van der Waals surface area contributed by atoms with Crippen LogP contribution in [0.25, 0.3) is 0 Å². The number of rotatable bonds is 2. The van der Waals surface area contributed by atoms with Crippen molar-refractivity contribution in [3.63, 3.8) is 0 Å². The molecule has 0 atom stereocenters. The highest BCUT2D eigenvalue weighted by atomic mass is 16.6. The summed E-state index contributed by atoms with van der Waals surface area (Å²) in [7, 11) is 0. The van der Waals surface area contributed by atoms with E-state index in [0.717, 1.165) is 0 Å². The van der Waals surface area contributed by atoms with E-state index in [1.165, 1.54) is 31.1 Å². The summed E-state index contributed by atoms with van der Waals surface area (Å²) in [5.41, 5.74) is 4.17. The van der Waals surface area contributed by atoms with Crippen molar-refractivity contribution >= 4 is 6.09 Å². The van der Waals surface area contributed by atoms with Crippen LogP contribution in [0.4, 0.5) is 4.79 Å². The van der Waals surface area contributed by atoms with Crippen LogP contribution in [-0.4, -0.2) is 17.7 Å². The fourth-order valence-electron chi connectivity index (χ4n) is 1.61. The van der Waals surface area contributed by atoms with Crippen LogP contribution >= 0.6 is 0 Å². The quantitative estimate of drug-likeness (QED) is 0.516. The summed E-state index contributed by atoms with van der Waals surface area (Å²) >= 11 is 0. The van der Waals surface area contributed by atoms with Gasteiger partial charge >= 0.3 is 6.09 Å². The van der Waals surface area contributed by atoms with E-state index in [-0.39, 0.29) is 6.09 Å². The van der Waals surface area contributed by atoms with Gasteiger partial charge in [-0.1, -0.05) is 12.8 Å². The van der Waals surface area contributed by atoms with E-state index in [1.54, 1.807) is 0 Å². The standard InChI is InChI=1S/C10H20N2O2/c1-10(2,3)14-9(13)12-11-8-6-4-5-7-8/h8,11H,4-7H2,1-3H3,(H,12,13)/p+1. The second-order valence-electron chi connectivity index (χ2n) is 4.83. The van der Waals surface area contributed by atoms with E-state index < -0.39 is 5.60 Å². The molecule has 0 aromatic rings. The van der Waals surface area contributed by atoms with E-state index in [0.29, 0.717) is 6.04 Å². The normalized spacial score (nSPS) is 18.5. The van der Waals surface area contributed by atoms with Crippen molar-refractivity contribution in [3.8, 4) is 0 Å². The molecule has 0 bridgehead atoms. The Bertz CT molecular complexity index is 193. The lowest BCUT2D eigenvalue weighted by Crippen LogP contribution is -2.98. The molecule has 0 radical (unpaired) electrons. The van der Waals surface area contributed by atoms with Crippen LogP contribution in [0.1, 0.15) is 46.5 Å². The summed E-state index contributed by atoms with van der Waals surface area (Å²) in [5, 5.41) is 0. The number of carbonyl (C=O) groups is 1. The zero-order valence-corrected chi connectivity index (χ0v) is 9.30. The fraction of sp³-hybridized carbons (Fsp3) is 0.900. The third kappa shape index (κ3) is 4.58. The van der Waals surface area contributed by atoms with Crippen LogP contribution in [0.5, 0.6) is 0 Å². The molecule has 0 spiro atoms. The van der Waals surface area contributed by atoms with Crippen LogP contribution in [0, 0.1) is 0 Å². The molecule has 0 aromatic carbocycles. The summed E-state index contributed by atoms with van der Waals surface area (Å²) < 4.78 is 5.14. The first-order valence-corrected chi connectivity index (χ1v) is 5.29. The van der Waals surface area contributed by atoms with Gasteiger partial charge in [0.05, 0.1) is 6.04 Å². The summed E-state index contributed by atoms with van der Waals surface area (Å²) in [6.45, 7) is 5.61. The molecule has 3 N–H and O–H groups in total. The van der Waals surface area contributed by atoms with Crippen LogP contribution in [0.2, 0.25) is 0 Å². The second-order valence-corrected chi connectivity index (χ2v) is 4.83. The Labute approximate surface area is 85.4 Å². The Morgan fingerprint density at radius 1 is 1.36 bits per heavy atom. The van der Waals surface area contributed by atoms with Gasteiger partial charge in [-0.15, -0.1) is 0 Å². The third-order valence-electron chi connectivity index (χ3n) is 2.20. The van der Waals surface area contributed by atoms with E-state index in [4.69, 9.17) is 4.74 Å². The molecule has 1 aliphatic rings. The van der Waals surface area contributed by atoms with Gasteiger partial charge in [0.25, 0.3) is 0 Å². The predicted molar refractivity (Wildman–Crippen MR) is 53.6 cm³/mol. The van der Waals surface area contributed by atoms with Crippen molar-refractivity contribution < 1.29 is 15.0 Å². The smallest absolute Gasteiger partial charge is 0.413 e. The van der Waals surface area contributed by atoms with Crippen molar-refractivity contribution in [1.29, 1.82) is 0 Å². The van der Waals surface area contributed by atoms with Crippen molar-refractivity contribution in [2.24, 2.45) is 0 Å². The number of quaternary nitrogens is 1. The molecule has 1 saturated carbocycles. The average molecular weight is 201 g/mol. The Balaban J connectivity index is 2.14. The van der Waals surface area contributed by atoms with Crippen LogP contribution in [0.3, 0.4) is 0 Å². The molecular formula is C10H21N2O2+. The first-order valence-electron chi connectivity index (χ1n) is 5.29. The molecule has 0 aliphatic heterocycles. The van der Waals surface area contributed by atoms with Gasteiger partial charge in [-0.05, 0) is 33.6 Å². The zero-order valence-electron chi connectivity index (χ0n) is 9.30. The average Bonchev–Trinajstić information content (AvgIpc) is 2.49. The monoisotopic (exact) mass is 201 g/mol. The van der Waals surface area contributed by atoms with Gasteiger partial charge < -0.3 is 4.74 Å². The van der Waals surface area contributed by atoms with Gasteiger partial charge in [-0.25, -0.2) is 0 Å². The highest BCUT2D eigenvalue weighted by molar-refractivity contribution is 5.55. The van der Waals surface area contributed by atoms with Gasteiger partial charge in [0.2, 0.25) is 0 Å². The first-order chi connectivity index (χ1) is 6.47. The molecule has 0 heterocycles. The fourth-order valence-corrected chi connectivity index (χ4v) is 1.61. The largest absolute Gasteiger partial charge is 0.533 e. The Morgan fingerprint density at radius 3 is 2.43 bits per heavy atom. The molecule has 82 valence electrons. The molecule has 0 aromatic heterocycles.